The number of thioether (sulfide) groups is 1. The molecular weight excluding hydrogens is 304 g/mol. The van der Waals surface area contributed by atoms with Crippen molar-refractivity contribution in [1.82, 2.24) is 10.2 Å². The molecule has 1 amide bonds. The summed E-state index contributed by atoms with van der Waals surface area (Å²) in [4.78, 5) is 14.5. The Kier molecular flexibility index (Phi) is 6.40. The summed E-state index contributed by atoms with van der Waals surface area (Å²) in [6.45, 7) is 5.74. The molecule has 1 aromatic carbocycles. The van der Waals surface area contributed by atoms with Crippen LogP contribution in [-0.4, -0.2) is 40.9 Å². The fraction of sp³-hybridized carbons (Fsp3) is 0.562. The molecule has 0 saturated carbocycles. The summed E-state index contributed by atoms with van der Waals surface area (Å²) in [6.07, 6.45) is 0.575. The Labute approximate surface area is 136 Å². The molecule has 0 aromatic heterocycles. The largest absolute Gasteiger partial charge is 0.336 e. The molecule has 1 N–H and O–H groups in total. The minimum Gasteiger partial charge on any atom is -0.336 e. The van der Waals surface area contributed by atoms with Gasteiger partial charge in [-0.2, -0.15) is 11.8 Å². The number of nitrogens with zero attached hydrogens (tertiary/aromatic N) is 1. The van der Waals surface area contributed by atoms with Crippen LogP contribution in [0.25, 0.3) is 0 Å². The van der Waals surface area contributed by atoms with Crippen LogP contribution in [0, 0.1) is 0 Å². The van der Waals surface area contributed by atoms with Crippen molar-refractivity contribution in [3.05, 3.63) is 34.9 Å². The topological polar surface area (TPSA) is 32.3 Å². The number of benzene rings is 1. The average molecular weight is 327 g/mol. The van der Waals surface area contributed by atoms with Gasteiger partial charge >= 0.3 is 0 Å². The van der Waals surface area contributed by atoms with Crippen molar-refractivity contribution < 1.29 is 4.79 Å². The zero-order valence-corrected chi connectivity index (χ0v) is 14.2. The first kappa shape index (κ1) is 16.7. The number of amides is 1. The molecule has 1 aliphatic heterocycles. The van der Waals surface area contributed by atoms with Gasteiger partial charge in [0.05, 0.1) is 0 Å². The highest BCUT2D eigenvalue weighted by molar-refractivity contribution is 7.99. The predicted octanol–water partition coefficient (Wildman–Crippen LogP) is 3.17. The Morgan fingerprint density at radius 2 is 2.33 bits per heavy atom. The number of carbonyl (C=O) groups is 1. The lowest BCUT2D eigenvalue weighted by molar-refractivity contribution is -0.134. The van der Waals surface area contributed by atoms with Gasteiger partial charge in [-0.15, -0.1) is 0 Å². The van der Waals surface area contributed by atoms with Crippen molar-refractivity contribution in [3.63, 3.8) is 0 Å². The smallest absolute Gasteiger partial charge is 0.224 e. The molecule has 21 heavy (non-hydrogen) atoms. The number of hydrogen-bond acceptors (Lipinski definition) is 3. The Hall–Kier alpha value is -0.710. The summed E-state index contributed by atoms with van der Waals surface area (Å²) in [5.41, 5.74) is 1.08. The molecule has 1 aliphatic rings. The first-order valence-electron chi connectivity index (χ1n) is 7.41. The molecule has 1 aromatic rings. The monoisotopic (exact) mass is 326 g/mol. The summed E-state index contributed by atoms with van der Waals surface area (Å²) in [7, 11) is 0. The van der Waals surface area contributed by atoms with Crippen molar-refractivity contribution in [2.75, 3.05) is 18.1 Å². The Morgan fingerprint density at radius 1 is 1.52 bits per heavy atom. The molecule has 3 nitrogen and oxygen atoms in total. The number of halogens is 1. The fourth-order valence-electron chi connectivity index (χ4n) is 2.47. The Balaban J connectivity index is 1.98. The van der Waals surface area contributed by atoms with E-state index in [0.29, 0.717) is 24.0 Å². The van der Waals surface area contributed by atoms with Crippen LogP contribution in [0.5, 0.6) is 0 Å². The lowest BCUT2D eigenvalue weighted by atomic mass is 10.1. The van der Waals surface area contributed by atoms with Crippen LogP contribution in [-0.2, 0) is 11.3 Å². The highest BCUT2D eigenvalue weighted by atomic mass is 35.5. The molecular formula is C16H23ClN2OS. The third-order valence-corrected chi connectivity index (χ3v) is 4.97. The van der Waals surface area contributed by atoms with Gasteiger partial charge in [-0.05, 0) is 31.5 Å². The van der Waals surface area contributed by atoms with Crippen LogP contribution >= 0.6 is 23.4 Å². The second kappa shape index (κ2) is 8.06. The van der Waals surface area contributed by atoms with Crippen molar-refractivity contribution in [2.24, 2.45) is 0 Å². The van der Waals surface area contributed by atoms with E-state index in [4.69, 9.17) is 11.6 Å². The molecule has 0 bridgehead atoms. The van der Waals surface area contributed by atoms with Gasteiger partial charge in [-0.3, -0.25) is 4.79 Å². The van der Waals surface area contributed by atoms with E-state index in [2.05, 4.69) is 19.2 Å². The maximum absolute atomic E-state index is 12.6. The van der Waals surface area contributed by atoms with Gasteiger partial charge in [-0.25, -0.2) is 0 Å². The zero-order valence-electron chi connectivity index (χ0n) is 12.6. The van der Waals surface area contributed by atoms with Gasteiger partial charge in [0.25, 0.3) is 0 Å². The second-order valence-electron chi connectivity index (χ2n) is 5.68. The van der Waals surface area contributed by atoms with Gasteiger partial charge < -0.3 is 10.2 Å². The van der Waals surface area contributed by atoms with E-state index < -0.39 is 0 Å². The summed E-state index contributed by atoms with van der Waals surface area (Å²) < 4.78 is 0. The molecule has 0 spiro atoms. The highest BCUT2D eigenvalue weighted by Crippen LogP contribution is 2.17. The number of carbonyl (C=O) groups excluding carboxylic acids is 1. The average Bonchev–Trinajstić information content (AvgIpc) is 2.45. The molecule has 0 radical (unpaired) electrons. The van der Waals surface area contributed by atoms with Gasteiger partial charge in [0.2, 0.25) is 5.91 Å². The third kappa shape index (κ3) is 5.20. The molecule has 1 atom stereocenters. The summed E-state index contributed by atoms with van der Waals surface area (Å²) in [5, 5.41) is 4.14. The SMILES string of the molecule is CC(C)N(Cc1cccc(Cl)c1)C(=O)CC1CSCCN1. The van der Waals surface area contributed by atoms with Crippen molar-refractivity contribution in [1.29, 1.82) is 0 Å². The van der Waals surface area contributed by atoms with Gasteiger partial charge in [0.15, 0.2) is 0 Å². The maximum atomic E-state index is 12.6. The molecule has 2 rings (SSSR count). The fourth-order valence-corrected chi connectivity index (χ4v) is 3.63. The molecule has 0 aliphatic carbocycles. The zero-order chi connectivity index (χ0) is 15.2. The van der Waals surface area contributed by atoms with Crippen LogP contribution < -0.4 is 5.32 Å². The van der Waals surface area contributed by atoms with Crippen LogP contribution in [0.15, 0.2) is 24.3 Å². The van der Waals surface area contributed by atoms with E-state index in [0.717, 1.165) is 23.6 Å². The van der Waals surface area contributed by atoms with Crippen LogP contribution in [0.1, 0.15) is 25.8 Å². The minimum absolute atomic E-state index is 0.188. The predicted molar refractivity (Wildman–Crippen MR) is 90.9 cm³/mol. The Morgan fingerprint density at radius 3 is 2.95 bits per heavy atom. The van der Waals surface area contributed by atoms with Gasteiger partial charge in [-0.1, -0.05) is 23.7 Å². The highest BCUT2D eigenvalue weighted by Gasteiger charge is 2.22. The standard InChI is InChI=1S/C16H23ClN2OS/c1-12(2)19(10-13-4-3-5-14(17)8-13)16(20)9-15-11-21-7-6-18-15/h3-5,8,12,15,18H,6-7,9-11H2,1-2H3. The summed E-state index contributed by atoms with van der Waals surface area (Å²) >= 11 is 7.95. The molecule has 1 unspecified atom stereocenters. The van der Waals surface area contributed by atoms with Gasteiger partial charge in [0.1, 0.15) is 0 Å². The third-order valence-electron chi connectivity index (χ3n) is 3.61. The minimum atomic E-state index is 0.188. The number of nitrogens with one attached hydrogen (secondary N) is 1. The van der Waals surface area contributed by atoms with Crippen LogP contribution in [0.2, 0.25) is 5.02 Å². The molecule has 1 fully saturated rings. The van der Waals surface area contributed by atoms with E-state index >= 15 is 0 Å². The maximum Gasteiger partial charge on any atom is 0.224 e. The van der Waals surface area contributed by atoms with Crippen LogP contribution in [0.4, 0.5) is 0 Å². The summed E-state index contributed by atoms with van der Waals surface area (Å²) in [6, 6.07) is 8.22. The normalized spacial score (nSPS) is 18.8. The Bertz CT molecular complexity index is 475. The van der Waals surface area contributed by atoms with E-state index in [1.165, 1.54) is 0 Å². The van der Waals surface area contributed by atoms with E-state index in [1.807, 2.05) is 40.9 Å². The lowest BCUT2D eigenvalue weighted by Crippen LogP contribution is -2.44. The van der Waals surface area contributed by atoms with Crippen molar-refractivity contribution in [3.8, 4) is 0 Å². The molecule has 5 heteroatoms. The van der Waals surface area contributed by atoms with Crippen LogP contribution in [0.3, 0.4) is 0 Å². The van der Waals surface area contributed by atoms with Gasteiger partial charge in [0, 0.05) is 48.1 Å². The number of rotatable bonds is 5. The molecule has 1 heterocycles. The van der Waals surface area contributed by atoms with Crippen molar-refractivity contribution in [2.45, 2.75) is 38.9 Å². The second-order valence-corrected chi connectivity index (χ2v) is 7.26. The lowest BCUT2D eigenvalue weighted by Gasteiger charge is -2.30. The number of hydrogen-bond donors (Lipinski definition) is 1. The summed E-state index contributed by atoms with van der Waals surface area (Å²) in [5.74, 6) is 2.38. The van der Waals surface area contributed by atoms with E-state index in [1.54, 1.807) is 0 Å². The molecule has 116 valence electrons. The first-order valence-corrected chi connectivity index (χ1v) is 8.94. The molecule has 1 saturated heterocycles. The van der Waals surface area contributed by atoms with Crippen molar-refractivity contribution >= 4 is 29.3 Å². The quantitative estimate of drug-likeness (QED) is 0.902. The van der Waals surface area contributed by atoms with E-state index in [9.17, 15) is 4.79 Å². The first-order chi connectivity index (χ1) is 10.1. The van der Waals surface area contributed by atoms with E-state index in [-0.39, 0.29) is 11.9 Å².